The number of benzene rings is 1. The van der Waals surface area contributed by atoms with Crippen molar-refractivity contribution in [2.75, 3.05) is 18.5 Å². The molecule has 0 aromatic heterocycles. The van der Waals surface area contributed by atoms with Crippen LogP contribution in [0.25, 0.3) is 0 Å². The number of nitrogens with one attached hydrogen (secondary N) is 1. The van der Waals surface area contributed by atoms with E-state index in [4.69, 9.17) is 9.47 Å². The molecule has 2 aliphatic rings. The van der Waals surface area contributed by atoms with Crippen LogP contribution in [0.5, 0.6) is 5.75 Å². The van der Waals surface area contributed by atoms with Crippen LogP contribution >= 0.6 is 0 Å². The molecule has 0 unspecified atom stereocenters. The number of esters is 1. The molecule has 1 fully saturated rings. The molecular formula is C21H27NO5. The molecule has 6 heteroatoms. The van der Waals surface area contributed by atoms with Gasteiger partial charge in [0.1, 0.15) is 5.75 Å². The largest absolute Gasteiger partial charge is 0.482 e. The molecule has 0 radical (unpaired) electrons. The number of fused-ring (bicyclic) bond motifs is 1. The van der Waals surface area contributed by atoms with Gasteiger partial charge in [0, 0.05) is 5.56 Å². The Morgan fingerprint density at radius 3 is 2.74 bits per heavy atom. The molecule has 1 aromatic rings. The highest BCUT2D eigenvalue weighted by Crippen LogP contribution is 2.32. The Morgan fingerprint density at radius 1 is 1.22 bits per heavy atom. The molecule has 3 rings (SSSR count). The monoisotopic (exact) mass is 373 g/mol. The molecule has 1 heterocycles. The fraction of sp³-hybridized carbons (Fsp3) is 0.571. The Labute approximate surface area is 159 Å². The van der Waals surface area contributed by atoms with Crippen LogP contribution in [-0.4, -0.2) is 30.9 Å². The highest BCUT2D eigenvalue weighted by atomic mass is 16.5. The zero-order valence-electron chi connectivity index (χ0n) is 15.8. The normalized spacial score (nSPS) is 21.6. The van der Waals surface area contributed by atoms with E-state index in [1.807, 2.05) is 0 Å². The molecule has 0 atom stereocenters. The lowest BCUT2D eigenvalue weighted by Crippen LogP contribution is -2.26. The van der Waals surface area contributed by atoms with Gasteiger partial charge in [-0.2, -0.15) is 0 Å². The number of carbonyl (C=O) groups is 3. The fourth-order valence-corrected chi connectivity index (χ4v) is 3.77. The number of ether oxygens (including phenoxy) is 2. The molecule has 146 valence electrons. The van der Waals surface area contributed by atoms with E-state index in [-0.39, 0.29) is 36.8 Å². The summed E-state index contributed by atoms with van der Waals surface area (Å²) in [4.78, 5) is 36.0. The van der Waals surface area contributed by atoms with E-state index in [1.165, 1.54) is 19.3 Å². The van der Waals surface area contributed by atoms with Crippen molar-refractivity contribution in [2.45, 2.75) is 51.9 Å². The van der Waals surface area contributed by atoms with Gasteiger partial charge < -0.3 is 14.8 Å². The van der Waals surface area contributed by atoms with Crippen molar-refractivity contribution >= 4 is 23.3 Å². The average Bonchev–Trinajstić information content (AvgIpc) is 2.70. The van der Waals surface area contributed by atoms with E-state index in [0.717, 1.165) is 31.6 Å². The van der Waals surface area contributed by atoms with E-state index >= 15 is 0 Å². The number of Topliss-reactive ketones (excluding diaryl/α,β-unsaturated/α-hetero) is 1. The van der Waals surface area contributed by atoms with Gasteiger partial charge >= 0.3 is 5.97 Å². The van der Waals surface area contributed by atoms with Crippen molar-refractivity contribution in [1.82, 2.24) is 0 Å². The van der Waals surface area contributed by atoms with Crippen molar-refractivity contribution in [3.8, 4) is 5.75 Å². The van der Waals surface area contributed by atoms with Crippen LogP contribution in [0.15, 0.2) is 18.2 Å². The SMILES string of the molecule is CCCCC1CCC(C(=O)OCC(=O)c2ccc3c(c2)NC(=O)CO3)CC1. The summed E-state index contributed by atoms with van der Waals surface area (Å²) < 4.78 is 10.5. The topological polar surface area (TPSA) is 81.7 Å². The summed E-state index contributed by atoms with van der Waals surface area (Å²) in [6.45, 7) is 1.89. The third kappa shape index (κ3) is 5.08. The van der Waals surface area contributed by atoms with Crippen LogP contribution in [0, 0.1) is 11.8 Å². The Kier molecular flexibility index (Phi) is 6.48. The Hall–Kier alpha value is -2.37. The van der Waals surface area contributed by atoms with Crippen LogP contribution in [0.1, 0.15) is 62.2 Å². The van der Waals surface area contributed by atoms with Gasteiger partial charge in [0.05, 0.1) is 11.6 Å². The zero-order valence-corrected chi connectivity index (χ0v) is 15.8. The summed E-state index contributed by atoms with van der Waals surface area (Å²) in [7, 11) is 0. The minimum atomic E-state index is -0.289. The van der Waals surface area contributed by atoms with Gasteiger partial charge in [0.25, 0.3) is 5.91 Å². The van der Waals surface area contributed by atoms with E-state index in [9.17, 15) is 14.4 Å². The molecule has 0 bridgehead atoms. The minimum Gasteiger partial charge on any atom is -0.482 e. The Morgan fingerprint density at radius 2 is 2.00 bits per heavy atom. The smallest absolute Gasteiger partial charge is 0.309 e. The fourth-order valence-electron chi connectivity index (χ4n) is 3.77. The predicted octanol–water partition coefficient (Wildman–Crippen LogP) is 3.74. The third-order valence-corrected chi connectivity index (χ3v) is 5.43. The van der Waals surface area contributed by atoms with Crippen molar-refractivity contribution < 1.29 is 23.9 Å². The first-order valence-corrected chi connectivity index (χ1v) is 9.83. The molecule has 1 amide bonds. The van der Waals surface area contributed by atoms with Gasteiger partial charge in [-0.05, 0) is 49.8 Å². The number of amides is 1. The van der Waals surface area contributed by atoms with Crippen LogP contribution in [0.2, 0.25) is 0 Å². The highest BCUT2D eigenvalue weighted by molar-refractivity contribution is 6.01. The summed E-state index contributed by atoms with van der Waals surface area (Å²) in [6, 6.07) is 4.81. The molecule has 27 heavy (non-hydrogen) atoms. The van der Waals surface area contributed by atoms with E-state index in [1.54, 1.807) is 18.2 Å². The maximum absolute atomic E-state index is 12.3. The number of rotatable bonds is 7. The maximum Gasteiger partial charge on any atom is 0.309 e. The number of hydrogen-bond acceptors (Lipinski definition) is 5. The van der Waals surface area contributed by atoms with Gasteiger partial charge in [0.2, 0.25) is 0 Å². The number of ketones is 1. The summed E-state index contributed by atoms with van der Waals surface area (Å²) in [6.07, 6.45) is 7.54. The molecule has 0 spiro atoms. The van der Waals surface area contributed by atoms with Gasteiger partial charge in [-0.3, -0.25) is 14.4 Å². The van der Waals surface area contributed by atoms with E-state index in [2.05, 4.69) is 12.2 Å². The van der Waals surface area contributed by atoms with Crippen LogP contribution < -0.4 is 10.1 Å². The first kappa shape index (κ1) is 19.4. The standard InChI is InChI=1S/C21H27NO5/c1-2-3-4-14-5-7-15(8-6-14)21(25)27-12-18(23)16-9-10-19-17(11-16)22-20(24)13-26-19/h9-11,14-15H,2-8,12-13H2,1H3,(H,22,24). The quantitative estimate of drug-likeness (QED) is 0.582. The van der Waals surface area contributed by atoms with Gasteiger partial charge in [0.15, 0.2) is 19.0 Å². The van der Waals surface area contributed by atoms with Crippen LogP contribution in [0.3, 0.4) is 0 Å². The average molecular weight is 373 g/mol. The highest BCUT2D eigenvalue weighted by Gasteiger charge is 2.27. The summed E-state index contributed by atoms with van der Waals surface area (Å²) in [5.41, 5.74) is 0.851. The second-order valence-corrected chi connectivity index (χ2v) is 7.44. The number of anilines is 1. The zero-order chi connectivity index (χ0) is 19.2. The summed E-state index contributed by atoms with van der Waals surface area (Å²) in [5.74, 6) is 0.348. The number of unbranched alkanes of at least 4 members (excludes halogenated alkanes) is 1. The Balaban J connectivity index is 1.47. The molecular weight excluding hydrogens is 346 g/mol. The van der Waals surface area contributed by atoms with Gasteiger partial charge in [-0.1, -0.05) is 26.2 Å². The van der Waals surface area contributed by atoms with Gasteiger partial charge in [-0.25, -0.2) is 0 Å². The molecule has 6 nitrogen and oxygen atoms in total. The van der Waals surface area contributed by atoms with Crippen molar-refractivity contribution in [1.29, 1.82) is 0 Å². The first-order chi connectivity index (χ1) is 13.1. The van der Waals surface area contributed by atoms with Crippen molar-refractivity contribution in [2.24, 2.45) is 11.8 Å². The maximum atomic E-state index is 12.3. The lowest BCUT2D eigenvalue weighted by atomic mass is 9.80. The van der Waals surface area contributed by atoms with E-state index < -0.39 is 0 Å². The van der Waals surface area contributed by atoms with Crippen LogP contribution in [-0.2, 0) is 14.3 Å². The molecule has 1 aliphatic heterocycles. The van der Waals surface area contributed by atoms with E-state index in [0.29, 0.717) is 17.0 Å². The Bertz CT molecular complexity index is 707. The first-order valence-electron chi connectivity index (χ1n) is 9.83. The predicted molar refractivity (Wildman–Crippen MR) is 101 cm³/mol. The molecule has 1 aromatic carbocycles. The second-order valence-electron chi connectivity index (χ2n) is 7.44. The molecule has 0 saturated heterocycles. The molecule has 1 aliphatic carbocycles. The van der Waals surface area contributed by atoms with Crippen molar-refractivity contribution in [3.63, 3.8) is 0 Å². The van der Waals surface area contributed by atoms with Gasteiger partial charge in [-0.15, -0.1) is 0 Å². The second kappa shape index (κ2) is 9.02. The summed E-state index contributed by atoms with van der Waals surface area (Å²) >= 11 is 0. The van der Waals surface area contributed by atoms with Crippen LogP contribution in [0.4, 0.5) is 5.69 Å². The summed E-state index contributed by atoms with van der Waals surface area (Å²) in [5, 5.41) is 2.67. The lowest BCUT2D eigenvalue weighted by Gasteiger charge is -2.27. The lowest BCUT2D eigenvalue weighted by molar-refractivity contribution is -0.148. The number of hydrogen-bond donors (Lipinski definition) is 1. The molecule has 1 saturated carbocycles. The minimum absolute atomic E-state index is 0.0292. The third-order valence-electron chi connectivity index (χ3n) is 5.43. The number of carbonyl (C=O) groups excluding carboxylic acids is 3. The molecule has 1 N–H and O–H groups in total. The van der Waals surface area contributed by atoms with Crippen molar-refractivity contribution in [3.05, 3.63) is 23.8 Å².